The van der Waals surface area contributed by atoms with Crippen molar-refractivity contribution in [2.24, 2.45) is 0 Å². The number of nitrogens with zero attached hydrogens (tertiary/aromatic N) is 4. The van der Waals surface area contributed by atoms with Gasteiger partial charge in [-0.15, -0.1) is 5.10 Å². The van der Waals surface area contributed by atoms with E-state index in [2.05, 4.69) is 10.1 Å². The summed E-state index contributed by atoms with van der Waals surface area (Å²) in [6.45, 7) is 2.97. The summed E-state index contributed by atoms with van der Waals surface area (Å²) in [6.07, 6.45) is 0.788. The quantitative estimate of drug-likeness (QED) is 0.689. The molecule has 1 aromatic rings. The number of aliphatic hydroxyl groups excluding tert-OH is 1. The average molecular weight is 196 g/mol. The van der Waals surface area contributed by atoms with Crippen molar-refractivity contribution in [3.63, 3.8) is 0 Å². The van der Waals surface area contributed by atoms with Gasteiger partial charge >= 0.3 is 0 Å². The lowest BCUT2D eigenvalue weighted by molar-refractivity contribution is 0.0315. The third-order valence-corrected chi connectivity index (χ3v) is 1.55. The molecule has 1 heterocycles. The summed E-state index contributed by atoms with van der Waals surface area (Å²) in [5.41, 5.74) is 0. The van der Waals surface area contributed by atoms with Crippen molar-refractivity contribution in [2.75, 3.05) is 13.2 Å². The summed E-state index contributed by atoms with van der Waals surface area (Å²) in [5, 5.41) is 21.7. The number of aromatic nitrogens is 3. The predicted molar refractivity (Wildman–Crippen MR) is 47.2 cm³/mol. The summed E-state index contributed by atoms with van der Waals surface area (Å²) < 4.78 is 6.44. The standard InChI is InChI=1S/C8H12N4O2/c1-2-14-5-7(13)4-12-6-10-8(3-9)11-12/h6-7,13H,2,4-5H2,1H3. The second kappa shape index (κ2) is 5.32. The Hall–Kier alpha value is -1.45. The Bertz CT molecular complexity index is 317. The van der Waals surface area contributed by atoms with Gasteiger partial charge in [-0.2, -0.15) is 5.26 Å². The van der Waals surface area contributed by atoms with Crippen LogP contribution in [-0.2, 0) is 11.3 Å². The summed E-state index contributed by atoms with van der Waals surface area (Å²) in [4.78, 5) is 3.71. The highest BCUT2D eigenvalue weighted by atomic mass is 16.5. The van der Waals surface area contributed by atoms with Gasteiger partial charge in [0.25, 0.3) is 5.82 Å². The molecule has 1 rings (SSSR count). The van der Waals surface area contributed by atoms with E-state index in [0.717, 1.165) is 0 Å². The van der Waals surface area contributed by atoms with Crippen LogP contribution in [0.25, 0.3) is 0 Å². The Labute approximate surface area is 81.7 Å². The maximum Gasteiger partial charge on any atom is 0.252 e. The van der Waals surface area contributed by atoms with Gasteiger partial charge in [0.15, 0.2) is 0 Å². The maximum absolute atomic E-state index is 9.42. The largest absolute Gasteiger partial charge is 0.389 e. The van der Waals surface area contributed by atoms with E-state index in [-0.39, 0.29) is 19.0 Å². The van der Waals surface area contributed by atoms with Crippen LogP contribution >= 0.6 is 0 Å². The number of nitriles is 1. The van der Waals surface area contributed by atoms with Crippen LogP contribution in [0.1, 0.15) is 12.7 Å². The SMILES string of the molecule is CCOCC(O)Cn1cnc(C#N)n1. The number of hydrogen-bond donors (Lipinski definition) is 1. The zero-order valence-electron chi connectivity index (χ0n) is 7.92. The third kappa shape index (κ3) is 3.12. The molecule has 0 bridgehead atoms. The Balaban J connectivity index is 2.40. The number of ether oxygens (including phenoxy) is 1. The minimum atomic E-state index is -0.622. The maximum atomic E-state index is 9.42. The molecule has 0 radical (unpaired) electrons. The van der Waals surface area contributed by atoms with E-state index in [1.165, 1.54) is 11.0 Å². The first kappa shape index (κ1) is 10.6. The highest BCUT2D eigenvalue weighted by Crippen LogP contribution is 1.93. The third-order valence-electron chi connectivity index (χ3n) is 1.55. The fourth-order valence-electron chi connectivity index (χ4n) is 0.956. The van der Waals surface area contributed by atoms with Crippen molar-refractivity contribution in [1.82, 2.24) is 14.8 Å². The Morgan fingerprint density at radius 3 is 3.14 bits per heavy atom. The van der Waals surface area contributed by atoms with Crippen LogP contribution in [0.4, 0.5) is 0 Å². The van der Waals surface area contributed by atoms with Crippen LogP contribution in [0.2, 0.25) is 0 Å². The Morgan fingerprint density at radius 2 is 2.57 bits per heavy atom. The van der Waals surface area contributed by atoms with Gasteiger partial charge in [-0.3, -0.25) is 0 Å². The fraction of sp³-hybridized carbons (Fsp3) is 0.625. The van der Waals surface area contributed by atoms with Crippen LogP contribution in [0, 0.1) is 11.3 Å². The van der Waals surface area contributed by atoms with E-state index in [4.69, 9.17) is 10.00 Å². The average Bonchev–Trinajstić information content (AvgIpc) is 2.62. The van der Waals surface area contributed by atoms with Crippen molar-refractivity contribution in [2.45, 2.75) is 19.6 Å². The Kier molecular flexibility index (Phi) is 4.04. The lowest BCUT2D eigenvalue weighted by Gasteiger charge is -2.09. The molecular weight excluding hydrogens is 184 g/mol. The lowest BCUT2D eigenvalue weighted by Crippen LogP contribution is -2.22. The van der Waals surface area contributed by atoms with Crippen LogP contribution in [-0.4, -0.2) is 39.2 Å². The van der Waals surface area contributed by atoms with Crippen molar-refractivity contribution < 1.29 is 9.84 Å². The minimum absolute atomic E-state index is 0.105. The molecular formula is C8H12N4O2. The van der Waals surface area contributed by atoms with E-state index in [0.29, 0.717) is 6.61 Å². The molecule has 1 N–H and O–H groups in total. The van der Waals surface area contributed by atoms with Gasteiger partial charge in [0.2, 0.25) is 0 Å². The van der Waals surface area contributed by atoms with Crippen molar-refractivity contribution in [1.29, 1.82) is 5.26 Å². The van der Waals surface area contributed by atoms with Crippen molar-refractivity contribution in [3.05, 3.63) is 12.2 Å². The van der Waals surface area contributed by atoms with Crippen molar-refractivity contribution >= 4 is 0 Å². The summed E-state index contributed by atoms with van der Waals surface area (Å²) in [7, 11) is 0. The molecule has 1 atom stereocenters. The summed E-state index contributed by atoms with van der Waals surface area (Å²) in [5.74, 6) is 0.105. The highest BCUT2D eigenvalue weighted by Gasteiger charge is 2.06. The molecule has 1 aromatic heterocycles. The minimum Gasteiger partial charge on any atom is -0.389 e. The first-order valence-electron chi connectivity index (χ1n) is 4.31. The van der Waals surface area contributed by atoms with E-state index >= 15 is 0 Å². The first-order chi connectivity index (χ1) is 6.76. The molecule has 1 unspecified atom stereocenters. The molecule has 0 fully saturated rings. The topological polar surface area (TPSA) is 84.0 Å². The second-order valence-corrected chi connectivity index (χ2v) is 2.72. The van der Waals surface area contributed by atoms with Gasteiger partial charge in [-0.25, -0.2) is 9.67 Å². The van der Waals surface area contributed by atoms with Gasteiger partial charge in [0.05, 0.1) is 19.3 Å². The molecule has 0 aliphatic heterocycles. The normalized spacial score (nSPS) is 12.4. The van der Waals surface area contributed by atoms with Crippen molar-refractivity contribution in [3.8, 4) is 6.07 Å². The number of hydrogen-bond acceptors (Lipinski definition) is 5. The van der Waals surface area contributed by atoms with E-state index in [1.807, 2.05) is 13.0 Å². The number of rotatable bonds is 5. The van der Waals surface area contributed by atoms with Gasteiger partial charge in [0.1, 0.15) is 12.4 Å². The van der Waals surface area contributed by atoms with E-state index in [9.17, 15) is 5.11 Å². The molecule has 14 heavy (non-hydrogen) atoms. The predicted octanol–water partition coefficient (Wildman–Crippen LogP) is -0.453. The molecule has 0 aliphatic rings. The van der Waals surface area contributed by atoms with E-state index in [1.54, 1.807) is 0 Å². The molecule has 0 amide bonds. The molecule has 76 valence electrons. The summed E-state index contributed by atoms with van der Waals surface area (Å²) in [6, 6.07) is 1.81. The highest BCUT2D eigenvalue weighted by molar-refractivity contribution is 5.05. The molecule has 0 aliphatic carbocycles. The molecule has 6 heteroatoms. The second-order valence-electron chi connectivity index (χ2n) is 2.72. The zero-order valence-corrected chi connectivity index (χ0v) is 7.92. The van der Waals surface area contributed by atoms with Crippen LogP contribution in [0.5, 0.6) is 0 Å². The molecule has 0 aromatic carbocycles. The van der Waals surface area contributed by atoms with Crippen LogP contribution in [0.15, 0.2) is 6.33 Å². The molecule has 0 spiro atoms. The summed E-state index contributed by atoms with van der Waals surface area (Å²) >= 11 is 0. The van der Waals surface area contributed by atoms with Crippen LogP contribution in [0.3, 0.4) is 0 Å². The van der Waals surface area contributed by atoms with E-state index < -0.39 is 6.10 Å². The van der Waals surface area contributed by atoms with Gasteiger partial charge < -0.3 is 9.84 Å². The molecule has 0 saturated heterocycles. The molecule has 6 nitrogen and oxygen atoms in total. The van der Waals surface area contributed by atoms with Crippen LogP contribution < -0.4 is 0 Å². The Morgan fingerprint density at radius 1 is 1.79 bits per heavy atom. The number of aliphatic hydroxyl groups is 1. The smallest absolute Gasteiger partial charge is 0.252 e. The first-order valence-corrected chi connectivity index (χ1v) is 4.31. The monoisotopic (exact) mass is 196 g/mol. The fourth-order valence-corrected chi connectivity index (χ4v) is 0.956. The molecule has 0 saturated carbocycles. The lowest BCUT2D eigenvalue weighted by atomic mass is 10.4. The zero-order chi connectivity index (χ0) is 10.4. The van der Waals surface area contributed by atoms with Gasteiger partial charge in [-0.1, -0.05) is 0 Å². The van der Waals surface area contributed by atoms with Gasteiger partial charge in [-0.05, 0) is 6.92 Å². The van der Waals surface area contributed by atoms with Gasteiger partial charge in [0, 0.05) is 6.61 Å².